The Morgan fingerprint density at radius 3 is 2.64 bits per heavy atom. The van der Waals surface area contributed by atoms with Crippen LogP contribution in [0.25, 0.3) is 0 Å². The van der Waals surface area contributed by atoms with E-state index >= 15 is 0 Å². The lowest BCUT2D eigenvalue weighted by Gasteiger charge is -2.26. The molecule has 1 N–H and O–H groups in total. The SMILES string of the molecule is COc1ccccc1[C@@H](C)N(C)CCC(=O)Nc1ccccc1C#N. The van der Waals surface area contributed by atoms with E-state index in [2.05, 4.69) is 23.2 Å². The molecule has 0 fully saturated rings. The van der Waals surface area contributed by atoms with Gasteiger partial charge in [0, 0.05) is 24.6 Å². The lowest BCUT2D eigenvalue weighted by Crippen LogP contribution is -2.27. The second-order valence-electron chi connectivity index (χ2n) is 5.85. The third kappa shape index (κ3) is 4.82. The fraction of sp³-hybridized carbons (Fsp3) is 0.300. The molecular formula is C20H23N3O2. The molecule has 0 heterocycles. The molecule has 0 aliphatic rings. The average Bonchev–Trinajstić information content (AvgIpc) is 2.65. The number of hydrogen-bond acceptors (Lipinski definition) is 4. The van der Waals surface area contributed by atoms with Crippen LogP contribution in [0.2, 0.25) is 0 Å². The van der Waals surface area contributed by atoms with Gasteiger partial charge in [-0.2, -0.15) is 5.26 Å². The van der Waals surface area contributed by atoms with Crippen LogP contribution in [-0.4, -0.2) is 31.5 Å². The molecule has 0 spiro atoms. The van der Waals surface area contributed by atoms with Crippen LogP contribution in [0.1, 0.15) is 30.5 Å². The zero-order valence-corrected chi connectivity index (χ0v) is 14.8. The third-order valence-corrected chi connectivity index (χ3v) is 4.26. The third-order valence-electron chi connectivity index (χ3n) is 4.26. The van der Waals surface area contributed by atoms with Gasteiger partial charge in [0.05, 0.1) is 18.4 Å². The number of amides is 1. The number of nitrogens with zero attached hydrogens (tertiary/aromatic N) is 2. The van der Waals surface area contributed by atoms with Crippen LogP contribution in [0.4, 0.5) is 5.69 Å². The molecule has 2 rings (SSSR count). The van der Waals surface area contributed by atoms with Crippen molar-refractivity contribution in [3.63, 3.8) is 0 Å². The highest BCUT2D eigenvalue weighted by atomic mass is 16.5. The van der Waals surface area contributed by atoms with Gasteiger partial charge in [-0.05, 0) is 32.2 Å². The van der Waals surface area contributed by atoms with Gasteiger partial charge < -0.3 is 10.1 Å². The van der Waals surface area contributed by atoms with Crippen molar-refractivity contribution in [2.24, 2.45) is 0 Å². The van der Waals surface area contributed by atoms with Gasteiger partial charge in [-0.15, -0.1) is 0 Å². The number of benzene rings is 2. The normalized spacial score (nSPS) is 11.6. The monoisotopic (exact) mass is 337 g/mol. The summed E-state index contributed by atoms with van der Waals surface area (Å²) < 4.78 is 5.41. The van der Waals surface area contributed by atoms with Crippen LogP contribution in [0.3, 0.4) is 0 Å². The molecule has 0 unspecified atom stereocenters. The van der Waals surface area contributed by atoms with Crippen molar-refractivity contribution in [1.82, 2.24) is 4.90 Å². The maximum absolute atomic E-state index is 12.2. The smallest absolute Gasteiger partial charge is 0.225 e. The Bertz CT molecular complexity index is 768. The first-order valence-electron chi connectivity index (χ1n) is 8.19. The van der Waals surface area contributed by atoms with Gasteiger partial charge in [-0.3, -0.25) is 9.69 Å². The Morgan fingerprint density at radius 1 is 1.24 bits per heavy atom. The van der Waals surface area contributed by atoms with Crippen molar-refractivity contribution in [2.75, 3.05) is 26.0 Å². The van der Waals surface area contributed by atoms with Crippen LogP contribution in [0, 0.1) is 11.3 Å². The van der Waals surface area contributed by atoms with Gasteiger partial charge in [-0.25, -0.2) is 0 Å². The van der Waals surface area contributed by atoms with Crippen molar-refractivity contribution in [3.8, 4) is 11.8 Å². The van der Waals surface area contributed by atoms with E-state index in [-0.39, 0.29) is 11.9 Å². The topological polar surface area (TPSA) is 65.4 Å². The average molecular weight is 337 g/mol. The van der Waals surface area contributed by atoms with Crippen LogP contribution >= 0.6 is 0 Å². The van der Waals surface area contributed by atoms with E-state index in [0.29, 0.717) is 24.2 Å². The maximum Gasteiger partial charge on any atom is 0.225 e. The Kier molecular flexibility index (Phi) is 6.55. The van der Waals surface area contributed by atoms with E-state index in [1.54, 1.807) is 31.4 Å². The van der Waals surface area contributed by atoms with E-state index in [4.69, 9.17) is 10.00 Å². The summed E-state index contributed by atoms with van der Waals surface area (Å²) in [6, 6.07) is 17.1. The molecule has 25 heavy (non-hydrogen) atoms. The quantitative estimate of drug-likeness (QED) is 0.838. The summed E-state index contributed by atoms with van der Waals surface area (Å²) in [6.45, 7) is 2.68. The Hall–Kier alpha value is -2.84. The standard InChI is InChI=1S/C20H23N3O2/c1-15(17-9-5-7-11-19(17)25-3)23(2)13-12-20(24)22-18-10-6-4-8-16(18)14-21/h4-11,15H,12-13H2,1-3H3,(H,22,24)/t15-/m1/s1. The first-order valence-corrected chi connectivity index (χ1v) is 8.19. The summed E-state index contributed by atoms with van der Waals surface area (Å²) in [5, 5.41) is 11.9. The van der Waals surface area contributed by atoms with Crippen LogP contribution in [0.5, 0.6) is 5.75 Å². The highest BCUT2D eigenvalue weighted by Crippen LogP contribution is 2.28. The molecule has 0 saturated heterocycles. The number of ether oxygens (including phenoxy) is 1. The lowest BCUT2D eigenvalue weighted by atomic mass is 10.1. The van der Waals surface area contributed by atoms with Gasteiger partial charge >= 0.3 is 0 Å². The minimum atomic E-state index is -0.109. The van der Waals surface area contributed by atoms with Crippen molar-refractivity contribution in [1.29, 1.82) is 5.26 Å². The summed E-state index contributed by atoms with van der Waals surface area (Å²) in [7, 11) is 3.64. The van der Waals surface area contributed by atoms with Gasteiger partial charge in [0.15, 0.2) is 0 Å². The van der Waals surface area contributed by atoms with Crippen LogP contribution in [0.15, 0.2) is 48.5 Å². The van der Waals surface area contributed by atoms with Gasteiger partial charge in [0.2, 0.25) is 5.91 Å². The number of carbonyl (C=O) groups excluding carboxylic acids is 1. The number of hydrogen-bond donors (Lipinski definition) is 1. The first-order chi connectivity index (χ1) is 12.1. The number of methoxy groups -OCH3 is 1. The molecule has 0 saturated carbocycles. The zero-order chi connectivity index (χ0) is 18.2. The minimum Gasteiger partial charge on any atom is -0.496 e. The van der Waals surface area contributed by atoms with E-state index in [9.17, 15) is 4.79 Å². The minimum absolute atomic E-state index is 0.109. The maximum atomic E-state index is 12.2. The summed E-state index contributed by atoms with van der Waals surface area (Å²) >= 11 is 0. The molecule has 2 aromatic carbocycles. The van der Waals surface area contributed by atoms with E-state index in [1.165, 1.54) is 0 Å². The number of nitrogens with one attached hydrogen (secondary N) is 1. The molecule has 0 bridgehead atoms. The lowest BCUT2D eigenvalue weighted by molar-refractivity contribution is -0.116. The zero-order valence-electron chi connectivity index (χ0n) is 14.8. The van der Waals surface area contributed by atoms with E-state index in [0.717, 1.165) is 11.3 Å². The summed E-state index contributed by atoms with van der Waals surface area (Å²) in [5.41, 5.74) is 2.10. The van der Waals surface area contributed by atoms with Crippen molar-refractivity contribution in [3.05, 3.63) is 59.7 Å². The molecule has 1 amide bonds. The number of para-hydroxylation sites is 2. The highest BCUT2D eigenvalue weighted by molar-refractivity contribution is 5.92. The number of anilines is 1. The summed E-state index contributed by atoms with van der Waals surface area (Å²) in [5.74, 6) is 0.732. The predicted molar refractivity (Wildman–Crippen MR) is 98.4 cm³/mol. The van der Waals surface area contributed by atoms with Crippen LogP contribution in [-0.2, 0) is 4.79 Å². The molecule has 0 aromatic heterocycles. The molecule has 5 heteroatoms. The van der Waals surface area contributed by atoms with Crippen LogP contribution < -0.4 is 10.1 Å². The molecule has 5 nitrogen and oxygen atoms in total. The molecule has 130 valence electrons. The van der Waals surface area contributed by atoms with Crippen molar-refractivity contribution >= 4 is 11.6 Å². The molecule has 2 aromatic rings. The van der Waals surface area contributed by atoms with Gasteiger partial charge in [0.1, 0.15) is 11.8 Å². The number of nitriles is 1. The van der Waals surface area contributed by atoms with Gasteiger partial charge in [-0.1, -0.05) is 30.3 Å². The van der Waals surface area contributed by atoms with E-state index < -0.39 is 0 Å². The summed E-state index contributed by atoms with van der Waals surface area (Å²) in [6.07, 6.45) is 0.343. The predicted octanol–water partition coefficient (Wildman–Crippen LogP) is 3.59. The Labute approximate surface area is 148 Å². The number of rotatable bonds is 7. The van der Waals surface area contributed by atoms with E-state index in [1.807, 2.05) is 31.3 Å². The molecule has 1 atom stereocenters. The van der Waals surface area contributed by atoms with Crippen molar-refractivity contribution < 1.29 is 9.53 Å². The first kappa shape index (κ1) is 18.5. The number of carbonyl (C=O) groups is 1. The fourth-order valence-corrected chi connectivity index (χ4v) is 2.62. The van der Waals surface area contributed by atoms with Gasteiger partial charge in [0.25, 0.3) is 0 Å². The molecule has 0 aliphatic carbocycles. The van der Waals surface area contributed by atoms with Crippen molar-refractivity contribution in [2.45, 2.75) is 19.4 Å². The molecule has 0 radical (unpaired) electrons. The second kappa shape index (κ2) is 8.86. The molecule has 0 aliphatic heterocycles. The molecular weight excluding hydrogens is 314 g/mol. The summed E-state index contributed by atoms with van der Waals surface area (Å²) in [4.78, 5) is 14.3. The Morgan fingerprint density at radius 2 is 1.92 bits per heavy atom. The second-order valence-corrected chi connectivity index (χ2v) is 5.85. The Balaban J connectivity index is 1.94. The highest BCUT2D eigenvalue weighted by Gasteiger charge is 2.16. The fourth-order valence-electron chi connectivity index (χ4n) is 2.62. The largest absolute Gasteiger partial charge is 0.496 e.